The van der Waals surface area contributed by atoms with Crippen molar-refractivity contribution >= 4 is 0 Å². The number of nitrogens with one attached hydrogen (secondary N) is 1. The van der Waals surface area contributed by atoms with Crippen molar-refractivity contribution in [1.29, 1.82) is 0 Å². The molecule has 6 rings (SSSR count). The van der Waals surface area contributed by atoms with E-state index in [1.54, 1.807) is 44.9 Å². The molecule has 0 amide bonds. The van der Waals surface area contributed by atoms with Crippen LogP contribution in [0, 0.1) is 35.0 Å². The van der Waals surface area contributed by atoms with Gasteiger partial charge in [-0.15, -0.1) is 0 Å². The Morgan fingerprint density at radius 3 is 1.94 bits per heavy atom. The second kappa shape index (κ2) is 3.53. The van der Waals surface area contributed by atoms with Crippen molar-refractivity contribution in [3.8, 4) is 0 Å². The summed E-state index contributed by atoms with van der Waals surface area (Å²) in [6.07, 6.45) is 14.0. The van der Waals surface area contributed by atoms with Gasteiger partial charge < -0.3 is 5.32 Å². The van der Waals surface area contributed by atoms with Gasteiger partial charge in [-0.2, -0.15) is 0 Å². The highest BCUT2D eigenvalue weighted by Gasteiger charge is 2.54. The number of hydrogen-bond donors (Lipinski definition) is 1. The Bertz CT molecular complexity index is 325. The molecule has 1 nitrogen and oxygen atoms in total. The summed E-state index contributed by atoms with van der Waals surface area (Å²) in [5.74, 6) is 5.52. The zero-order valence-corrected chi connectivity index (χ0v) is 11.5. The third kappa shape index (κ3) is 1.55. The van der Waals surface area contributed by atoms with Crippen molar-refractivity contribution in [1.82, 2.24) is 5.32 Å². The van der Waals surface area contributed by atoms with Crippen molar-refractivity contribution < 1.29 is 0 Å². The largest absolute Gasteiger partial charge is 0.313 e. The van der Waals surface area contributed by atoms with Crippen LogP contribution in [0.15, 0.2) is 0 Å². The predicted molar refractivity (Wildman–Crippen MR) is 73.2 cm³/mol. The summed E-state index contributed by atoms with van der Waals surface area (Å²) in [5, 5.41) is 4.09. The minimum Gasteiger partial charge on any atom is -0.313 e. The molecule has 0 heterocycles. The third-order valence-corrected chi connectivity index (χ3v) is 7.25. The molecule has 0 aromatic carbocycles. The Hall–Kier alpha value is -0.0400. The molecular formula is C17H27N. The van der Waals surface area contributed by atoms with Gasteiger partial charge in [-0.1, -0.05) is 0 Å². The summed E-state index contributed by atoms with van der Waals surface area (Å²) in [7, 11) is 0. The number of hydrogen-bond acceptors (Lipinski definition) is 1. The van der Waals surface area contributed by atoms with Gasteiger partial charge in [-0.3, -0.25) is 0 Å². The van der Waals surface area contributed by atoms with E-state index >= 15 is 0 Å². The standard InChI is InChI=1S/C17H27N/c1-2-15(1)17(3-4-17)10-18-16-13-6-11-5-12(8-13)9-14(16)7-11/h11-16,18H,1-10H2. The van der Waals surface area contributed by atoms with E-state index in [9.17, 15) is 0 Å². The second-order valence-corrected chi connectivity index (χ2v) is 8.47. The van der Waals surface area contributed by atoms with Crippen LogP contribution in [0.25, 0.3) is 0 Å². The minimum absolute atomic E-state index is 0.800. The van der Waals surface area contributed by atoms with Crippen LogP contribution in [0.3, 0.4) is 0 Å². The van der Waals surface area contributed by atoms with Crippen LogP contribution in [0.1, 0.15) is 57.8 Å². The molecule has 18 heavy (non-hydrogen) atoms. The van der Waals surface area contributed by atoms with Gasteiger partial charge >= 0.3 is 0 Å². The van der Waals surface area contributed by atoms with E-state index in [0.717, 1.165) is 41.0 Å². The van der Waals surface area contributed by atoms with Crippen molar-refractivity contribution in [3.63, 3.8) is 0 Å². The molecule has 6 saturated carbocycles. The van der Waals surface area contributed by atoms with E-state index in [-0.39, 0.29) is 0 Å². The van der Waals surface area contributed by atoms with Crippen molar-refractivity contribution in [2.45, 2.75) is 63.8 Å². The first kappa shape index (κ1) is 10.7. The lowest BCUT2D eigenvalue weighted by molar-refractivity contribution is -0.0155. The van der Waals surface area contributed by atoms with E-state index in [1.807, 2.05) is 0 Å². The van der Waals surface area contributed by atoms with Gasteiger partial charge in [0.2, 0.25) is 0 Å². The van der Waals surface area contributed by atoms with E-state index in [1.165, 1.54) is 19.4 Å². The smallest absolute Gasteiger partial charge is 0.0124 e. The molecular weight excluding hydrogens is 218 g/mol. The zero-order chi connectivity index (χ0) is 11.7. The highest BCUT2D eigenvalue weighted by Crippen LogP contribution is 2.61. The summed E-state index contributed by atoms with van der Waals surface area (Å²) in [5.41, 5.74) is 0.800. The van der Waals surface area contributed by atoms with Crippen LogP contribution in [0.2, 0.25) is 0 Å². The SMILES string of the molecule is C1C2CC3CC1CC(C2)C3NCC1(C2CC2)CC1. The molecule has 1 heteroatoms. The first-order valence-electron chi connectivity index (χ1n) is 8.56. The highest BCUT2D eigenvalue weighted by atomic mass is 15.0. The topological polar surface area (TPSA) is 12.0 Å². The van der Waals surface area contributed by atoms with Gasteiger partial charge in [-0.05, 0) is 92.8 Å². The number of rotatable bonds is 4. The summed E-state index contributed by atoms with van der Waals surface area (Å²) in [4.78, 5) is 0. The maximum Gasteiger partial charge on any atom is 0.0124 e. The lowest BCUT2D eigenvalue weighted by atomic mass is 9.54. The molecule has 4 bridgehead atoms. The maximum atomic E-state index is 4.09. The normalized spacial score (nSPS) is 51.7. The minimum atomic E-state index is 0.800. The molecule has 0 saturated heterocycles. The first-order chi connectivity index (χ1) is 8.82. The second-order valence-electron chi connectivity index (χ2n) is 8.47. The quantitative estimate of drug-likeness (QED) is 0.798. The molecule has 0 aliphatic heterocycles. The van der Waals surface area contributed by atoms with Crippen LogP contribution in [0.4, 0.5) is 0 Å². The first-order valence-corrected chi connectivity index (χ1v) is 8.56. The fourth-order valence-corrected chi connectivity index (χ4v) is 6.17. The molecule has 0 aromatic heterocycles. The lowest BCUT2D eigenvalue weighted by Gasteiger charge is -2.55. The molecule has 0 radical (unpaired) electrons. The fourth-order valence-electron chi connectivity index (χ4n) is 6.17. The van der Waals surface area contributed by atoms with E-state index < -0.39 is 0 Å². The van der Waals surface area contributed by atoms with Gasteiger partial charge in [0.1, 0.15) is 0 Å². The summed E-state index contributed by atoms with van der Waals surface area (Å²) < 4.78 is 0. The van der Waals surface area contributed by atoms with Crippen LogP contribution < -0.4 is 5.32 Å². The average molecular weight is 245 g/mol. The van der Waals surface area contributed by atoms with E-state index in [4.69, 9.17) is 0 Å². The highest BCUT2D eigenvalue weighted by molar-refractivity contribution is 5.07. The van der Waals surface area contributed by atoms with Gasteiger partial charge in [0.25, 0.3) is 0 Å². The van der Waals surface area contributed by atoms with Crippen LogP contribution in [-0.2, 0) is 0 Å². The summed E-state index contributed by atoms with van der Waals surface area (Å²) in [6.45, 7) is 1.38. The van der Waals surface area contributed by atoms with Crippen LogP contribution >= 0.6 is 0 Å². The van der Waals surface area contributed by atoms with E-state index in [2.05, 4.69) is 5.32 Å². The molecule has 0 unspecified atom stereocenters. The predicted octanol–water partition coefficient (Wildman–Crippen LogP) is 3.59. The van der Waals surface area contributed by atoms with Crippen LogP contribution in [-0.4, -0.2) is 12.6 Å². The Labute approximate surface area is 111 Å². The van der Waals surface area contributed by atoms with Gasteiger partial charge in [0, 0.05) is 12.6 Å². The Kier molecular flexibility index (Phi) is 2.10. The molecule has 6 aliphatic rings. The zero-order valence-electron chi connectivity index (χ0n) is 11.5. The van der Waals surface area contributed by atoms with Crippen LogP contribution in [0.5, 0.6) is 0 Å². The lowest BCUT2D eigenvalue weighted by Crippen LogP contribution is -2.55. The Morgan fingerprint density at radius 1 is 0.833 bits per heavy atom. The summed E-state index contributed by atoms with van der Waals surface area (Å²) in [6, 6.07) is 0.925. The Balaban J connectivity index is 1.27. The fraction of sp³-hybridized carbons (Fsp3) is 1.00. The third-order valence-electron chi connectivity index (χ3n) is 7.25. The molecule has 6 aliphatic carbocycles. The average Bonchev–Trinajstić information content (AvgIpc) is 3.22. The van der Waals surface area contributed by atoms with Gasteiger partial charge in [-0.25, -0.2) is 0 Å². The van der Waals surface area contributed by atoms with Crippen molar-refractivity contribution in [2.24, 2.45) is 35.0 Å². The van der Waals surface area contributed by atoms with Gasteiger partial charge in [0.05, 0.1) is 0 Å². The van der Waals surface area contributed by atoms with Crippen molar-refractivity contribution in [2.75, 3.05) is 6.54 Å². The van der Waals surface area contributed by atoms with Crippen molar-refractivity contribution in [3.05, 3.63) is 0 Å². The monoisotopic (exact) mass is 245 g/mol. The molecule has 0 atom stereocenters. The summed E-state index contributed by atoms with van der Waals surface area (Å²) >= 11 is 0. The molecule has 6 fully saturated rings. The molecule has 1 N–H and O–H groups in total. The molecule has 0 aromatic rings. The molecule has 0 spiro atoms. The van der Waals surface area contributed by atoms with Gasteiger partial charge in [0.15, 0.2) is 0 Å². The van der Waals surface area contributed by atoms with E-state index in [0.29, 0.717) is 0 Å². The maximum absolute atomic E-state index is 4.09. The molecule has 100 valence electrons. The Morgan fingerprint density at radius 2 is 1.44 bits per heavy atom.